The maximum atomic E-state index is 12.8. The molecule has 0 unspecified atom stereocenters. The van der Waals surface area contributed by atoms with Crippen molar-refractivity contribution in [3.63, 3.8) is 0 Å². The van der Waals surface area contributed by atoms with Crippen molar-refractivity contribution in [2.75, 3.05) is 5.32 Å². The molecule has 2 N–H and O–H groups in total. The highest BCUT2D eigenvalue weighted by molar-refractivity contribution is 7.82. The summed E-state index contributed by atoms with van der Waals surface area (Å²) < 4.78 is 38.4. The third-order valence-corrected chi connectivity index (χ3v) is 4.06. The van der Waals surface area contributed by atoms with Crippen LogP contribution in [0.4, 0.5) is 18.9 Å². The lowest BCUT2D eigenvalue weighted by Crippen LogP contribution is -2.33. The van der Waals surface area contributed by atoms with Crippen molar-refractivity contribution in [1.29, 1.82) is 5.26 Å². The van der Waals surface area contributed by atoms with Crippen molar-refractivity contribution in [1.82, 2.24) is 5.32 Å². The van der Waals surface area contributed by atoms with Gasteiger partial charge in [-0.25, -0.2) is 0 Å². The van der Waals surface area contributed by atoms with Gasteiger partial charge >= 0.3 is 6.18 Å². The summed E-state index contributed by atoms with van der Waals surface area (Å²) in [7, 11) is 0. The first-order valence-corrected chi connectivity index (χ1v) is 7.82. The molecule has 0 aliphatic rings. The lowest BCUT2D eigenvalue weighted by molar-refractivity contribution is -0.137. The van der Waals surface area contributed by atoms with Crippen molar-refractivity contribution in [2.45, 2.75) is 12.7 Å². The second kappa shape index (κ2) is 7.42. The number of hydrogen-bond donors (Lipinski definition) is 2. The second-order valence-electron chi connectivity index (χ2n) is 4.62. The summed E-state index contributed by atoms with van der Waals surface area (Å²) in [6.45, 7) is 0.343. The van der Waals surface area contributed by atoms with Gasteiger partial charge in [0.05, 0.1) is 23.7 Å². The van der Waals surface area contributed by atoms with Crippen LogP contribution in [-0.2, 0) is 17.5 Å². The number of nitriles is 1. The number of nitrogens with one attached hydrogen (secondary N) is 2. The van der Waals surface area contributed by atoms with E-state index in [2.05, 4.69) is 10.6 Å². The number of carbonyl (C=O) groups is 1. The van der Waals surface area contributed by atoms with E-state index in [0.29, 0.717) is 12.6 Å². The third kappa shape index (κ3) is 4.78. The van der Waals surface area contributed by atoms with Gasteiger partial charge in [0, 0.05) is 10.6 Å². The van der Waals surface area contributed by atoms with E-state index in [0.717, 1.165) is 17.0 Å². The highest BCUT2D eigenvalue weighted by atomic mass is 32.1. The van der Waals surface area contributed by atoms with E-state index in [1.807, 2.05) is 17.5 Å². The van der Waals surface area contributed by atoms with E-state index >= 15 is 0 Å². The number of hydrogen-bond acceptors (Lipinski definition) is 4. The summed E-state index contributed by atoms with van der Waals surface area (Å²) >= 11 is 6.39. The van der Waals surface area contributed by atoms with E-state index in [1.54, 1.807) is 6.07 Å². The number of carbonyl (C=O) groups excluding carboxylic acids is 1. The second-order valence-corrected chi connectivity index (χ2v) is 6.07. The van der Waals surface area contributed by atoms with E-state index in [4.69, 9.17) is 17.5 Å². The van der Waals surface area contributed by atoms with Crippen LogP contribution in [0.5, 0.6) is 0 Å². The molecule has 0 bridgehead atoms. The van der Waals surface area contributed by atoms with Gasteiger partial charge in [-0.15, -0.1) is 11.3 Å². The molecule has 1 aromatic carbocycles. The molecular weight excluding hydrogens is 359 g/mol. The minimum Gasteiger partial charge on any atom is -0.367 e. The Kier molecular flexibility index (Phi) is 5.54. The first-order valence-electron chi connectivity index (χ1n) is 6.53. The molecule has 0 radical (unpaired) electrons. The minimum absolute atomic E-state index is 0.147. The van der Waals surface area contributed by atoms with Gasteiger partial charge < -0.3 is 10.6 Å². The SMILES string of the molecule is N#Cc1cc(NC(=O)C(=S)NCc2cccs2)cc(C(F)(F)F)c1. The van der Waals surface area contributed by atoms with Gasteiger partial charge in [0.15, 0.2) is 4.99 Å². The van der Waals surface area contributed by atoms with E-state index < -0.39 is 17.6 Å². The number of alkyl halides is 3. The van der Waals surface area contributed by atoms with Gasteiger partial charge in [0.1, 0.15) is 0 Å². The van der Waals surface area contributed by atoms with Crippen LogP contribution in [0.25, 0.3) is 0 Å². The Balaban J connectivity index is 2.07. The van der Waals surface area contributed by atoms with Gasteiger partial charge in [0.2, 0.25) is 0 Å². The molecule has 1 aromatic heterocycles. The first-order chi connectivity index (χ1) is 11.3. The van der Waals surface area contributed by atoms with Crippen LogP contribution in [0.15, 0.2) is 35.7 Å². The summed E-state index contributed by atoms with van der Waals surface area (Å²) in [5.41, 5.74) is -1.38. The Hall–Kier alpha value is -2.44. The van der Waals surface area contributed by atoms with Crippen LogP contribution in [0, 0.1) is 11.3 Å². The molecule has 0 aliphatic carbocycles. The molecular formula is C15H10F3N3OS2. The summed E-state index contributed by atoms with van der Waals surface area (Å²) in [5, 5.41) is 15.7. The Bertz CT molecular complexity index is 795. The maximum Gasteiger partial charge on any atom is 0.416 e. The molecule has 2 rings (SSSR count). The predicted octanol–water partition coefficient (Wildman–Crippen LogP) is 3.69. The Morgan fingerprint density at radius 3 is 2.67 bits per heavy atom. The monoisotopic (exact) mass is 369 g/mol. The summed E-state index contributed by atoms with van der Waals surface area (Å²) in [5.74, 6) is -0.746. The third-order valence-electron chi connectivity index (χ3n) is 2.86. The lowest BCUT2D eigenvalue weighted by atomic mass is 10.1. The molecule has 1 amide bonds. The van der Waals surface area contributed by atoms with Gasteiger partial charge in [-0.2, -0.15) is 18.4 Å². The average molecular weight is 369 g/mol. The molecule has 4 nitrogen and oxygen atoms in total. The Morgan fingerprint density at radius 2 is 2.08 bits per heavy atom. The molecule has 24 heavy (non-hydrogen) atoms. The predicted molar refractivity (Wildman–Crippen MR) is 88.5 cm³/mol. The number of amides is 1. The van der Waals surface area contributed by atoms with Gasteiger partial charge in [-0.3, -0.25) is 4.79 Å². The van der Waals surface area contributed by atoms with Crippen molar-refractivity contribution in [2.24, 2.45) is 0 Å². The number of anilines is 1. The van der Waals surface area contributed by atoms with Crippen molar-refractivity contribution in [3.8, 4) is 6.07 Å². The average Bonchev–Trinajstić information content (AvgIpc) is 3.04. The zero-order valence-corrected chi connectivity index (χ0v) is 13.6. The van der Waals surface area contributed by atoms with Crippen LogP contribution in [0.1, 0.15) is 16.0 Å². The molecule has 0 atom stereocenters. The summed E-state index contributed by atoms with van der Waals surface area (Å²) in [6.07, 6.45) is -4.62. The maximum absolute atomic E-state index is 12.8. The van der Waals surface area contributed by atoms with Crippen LogP contribution >= 0.6 is 23.6 Å². The quantitative estimate of drug-likeness (QED) is 0.810. The fourth-order valence-corrected chi connectivity index (χ4v) is 2.54. The smallest absolute Gasteiger partial charge is 0.367 e. The molecule has 0 spiro atoms. The fourth-order valence-electron chi connectivity index (χ4n) is 1.78. The van der Waals surface area contributed by atoms with Crippen molar-refractivity contribution >= 4 is 40.1 Å². The number of benzene rings is 1. The molecule has 9 heteroatoms. The van der Waals surface area contributed by atoms with E-state index in [1.165, 1.54) is 11.3 Å². The zero-order valence-electron chi connectivity index (χ0n) is 12.0. The van der Waals surface area contributed by atoms with Crippen LogP contribution in [0.2, 0.25) is 0 Å². The number of halogens is 3. The molecule has 2 aromatic rings. The fraction of sp³-hybridized carbons (Fsp3) is 0.133. The molecule has 0 aliphatic heterocycles. The number of thiophene rings is 1. The first kappa shape index (κ1) is 17.9. The topological polar surface area (TPSA) is 64.9 Å². The lowest BCUT2D eigenvalue weighted by Gasteiger charge is -2.12. The van der Waals surface area contributed by atoms with Gasteiger partial charge in [-0.05, 0) is 29.6 Å². The largest absolute Gasteiger partial charge is 0.416 e. The van der Waals surface area contributed by atoms with E-state index in [9.17, 15) is 18.0 Å². The highest BCUT2D eigenvalue weighted by Gasteiger charge is 2.31. The van der Waals surface area contributed by atoms with Crippen LogP contribution < -0.4 is 10.6 Å². The molecule has 0 fully saturated rings. The Labute approximate surface area is 144 Å². The standard InChI is InChI=1S/C15H10F3N3OS2/c16-15(17,18)10-4-9(7-19)5-11(6-10)21-13(22)14(23)20-8-12-2-1-3-24-12/h1-6H,8H2,(H,20,23)(H,21,22). The van der Waals surface area contributed by atoms with Crippen molar-refractivity contribution < 1.29 is 18.0 Å². The van der Waals surface area contributed by atoms with Gasteiger partial charge in [-0.1, -0.05) is 18.3 Å². The minimum atomic E-state index is -4.62. The molecule has 0 saturated heterocycles. The van der Waals surface area contributed by atoms with Crippen LogP contribution in [0.3, 0.4) is 0 Å². The molecule has 1 heterocycles. The van der Waals surface area contributed by atoms with Gasteiger partial charge in [0.25, 0.3) is 5.91 Å². The molecule has 124 valence electrons. The summed E-state index contributed by atoms with van der Waals surface area (Å²) in [6, 6.07) is 7.93. The Morgan fingerprint density at radius 1 is 1.33 bits per heavy atom. The zero-order chi connectivity index (χ0) is 17.7. The van der Waals surface area contributed by atoms with Crippen LogP contribution in [-0.4, -0.2) is 10.9 Å². The number of rotatable bonds is 3. The molecule has 0 saturated carbocycles. The number of thiocarbonyl (C=S) groups is 1. The summed E-state index contributed by atoms with van der Waals surface area (Å²) in [4.78, 5) is 12.8. The normalized spacial score (nSPS) is 10.8. The highest BCUT2D eigenvalue weighted by Crippen LogP contribution is 2.31. The van der Waals surface area contributed by atoms with Crippen molar-refractivity contribution in [3.05, 3.63) is 51.7 Å². The number of nitrogens with zero attached hydrogens (tertiary/aromatic N) is 1. The van der Waals surface area contributed by atoms with E-state index in [-0.39, 0.29) is 16.2 Å².